The van der Waals surface area contributed by atoms with Gasteiger partial charge in [-0.05, 0) is 49.6 Å². The second kappa shape index (κ2) is 7.91. The number of hydrogen-bond acceptors (Lipinski definition) is 3. The summed E-state index contributed by atoms with van der Waals surface area (Å²) in [5.41, 5.74) is 3.09. The summed E-state index contributed by atoms with van der Waals surface area (Å²) >= 11 is 6.13. The molecule has 1 aromatic heterocycles. The quantitative estimate of drug-likeness (QED) is 0.577. The van der Waals surface area contributed by atoms with E-state index < -0.39 is 11.9 Å². The van der Waals surface area contributed by atoms with Crippen LogP contribution < -0.4 is 0 Å². The van der Waals surface area contributed by atoms with Gasteiger partial charge in [-0.25, -0.2) is 0 Å². The van der Waals surface area contributed by atoms with Crippen molar-refractivity contribution in [2.24, 2.45) is 5.92 Å². The summed E-state index contributed by atoms with van der Waals surface area (Å²) in [6.45, 7) is 7.49. The predicted molar refractivity (Wildman–Crippen MR) is 114 cm³/mol. The smallest absolute Gasteiger partial charge is 0.311 e. The number of phenolic OH excluding ortho intramolecular Hbond substituents is 1. The molecule has 0 amide bonds. The van der Waals surface area contributed by atoms with Gasteiger partial charge in [0.15, 0.2) is 0 Å². The van der Waals surface area contributed by atoms with Gasteiger partial charge < -0.3 is 10.2 Å². The van der Waals surface area contributed by atoms with E-state index >= 15 is 0 Å². The van der Waals surface area contributed by atoms with Crippen LogP contribution in [0.4, 0.5) is 0 Å². The zero-order valence-electron chi connectivity index (χ0n) is 16.9. The minimum atomic E-state index is -0.960. The average Bonchev–Trinajstić information content (AvgIpc) is 2.93. The molecule has 0 fully saturated rings. The fourth-order valence-electron chi connectivity index (χ4n) is 3.81. The summed E-state index contributed by atoms with van der Waals surface area (Å²) in [4.78, 5) is 25.5. The summed E-state index contributed by atoms with van der Waals surface area (Å²) in [6.07, 6.45) is 0.661. The van der Waals surface area contributed by atoms with Crippen molar-refractivity contribution in [1.82, 2.24) is 4.57 Å². The molecule has 2 N–H and O–H groups in total. The number of carbonyl (C=O) groups excluding carboxylic acids is 1. The molecular formula is C23H24ClNO4. The van der Waals surface area contributed by atoms with Crippen molar-refractivity contribution in [3.63, 3.8) is 0 Å². The van der Waals surface area contributed by atoms with Crippen molar-refractivity contribution in [2.45, 2.75) is 40.0 Å². The lowest BCUT2D eigenvalue weighted by atomic mass is 9.84. The molecule has 2 atom stereocenters. The van der Waals surface area contributed by atoms with Gasteiger partial charge in [0.2, 0.25) is 0 Å². The number of aromatic nitrogens is 1. The topological polar surface area (TPSA) is 79.5 Å². The van der Waals surface area contributed by atoms with Crippen LogP contribution in [0.25, 0.3) is 10.9 Å². The Labute approximate surface area is 174 Å². The highest BCUT2D eigenvalue weighted by Gasteiger charge is 2.33. The highest BCUT2D eigenvalue weighted by atomic mass is 35.5. The minimum Gasteiger partial charge on any atom is -0.506 e. The molecule has 0 bridgehead atoms. The van der Waals surface area contributed by atoms with E-state index in [1.807, 2.05) is 32.9 Å². The van der Waals surface area contributed by atoms with Gasteiger partial charge in [-0.15, -0.1) is 0 Å². The number of benzene rings is 2. The fourth-order valence-corrected chi connectivity index (χ4v) is 3.97. The molecule has 0 aliphatic heterocycles. The van der Waals surface area contributed by atoms with Crippen LogP contribution in [0, 0.1) is 19.8 Å². The molecule has 0 saturated heterocycles. The van der Waals surface area contributed by atoms with E-state index in [0.717, 1.165) is 5.56 Å². The van der Waals surface area contributed by atoms with E-state index in [9.17, 15) is 19.8 Å². The first-order valence-corrected chi connectivity index (χ1v) is 9.92. The number of phenols is 1. The lowest BCUT2D eigenvalue weighted by Gasteiger charge is -2.20. The maximum Gasteiger partial charge on any atom is 0.311 e. The number of aliphatic carboxylic acids is 1. The van der Waals surface area contributed by atoms with E-state index in [-0.39, 0.29) is 22.6 Å². The van der Waals surface area contributed by atoms with Crippen LogP contribution in [-0.4, -0.2) is 26.7 Å². The van der Waals surface area contributed by atoms with Gasteiger partial charge in [0.1, 0.15) is 5.75 Å². The predicted octanol–water partition coefficient (Wildman–Crippen LogP) is 5.52. The van der Waals surface area contributed by atoms with E-state index in [0.29, 0.717) is 34.1 Å². The van der Waals surface area contributed by atoms with Gasteiger partial charge >= 0.3 is 5.97 Å². The van der Waals surface area contributed by atoms with Crippen LogP contribution in [0.15, 0.2) is 36.4 Å². The number of aromatic hydroxyl groups is 1. The monoisotopic (exact) mass is 413 g/mol. The van der Waals surface area contributed by atoms with Crippen LogP contribution in [0.1, 0.15) is 53.4 Å². The molecule has 152 valence electrons. The van der Waals surface area contributed by atoms with Gasteiger partial charge in [0.05, 0.1) is 16.5 Å². The number of halogens is 1. The first-order chi connectivity index (χ1) is 13.7. The SMILES string of the molecule is CC[C@@H](C)C(C(=O)O)c1c(C)n(C(=O)c2ccc(C)cc2)c2cc(Cl)c(O)cc12. The second-order valence-corrected chi connectivity index (χ2v) is 7.94. The summed E-state index contributed by atoms with van der Waals surface area (Å²) in [7, 11) is 0. The van der Waals surface area contributed by atoms with Gasteiger partial charge in [-0.3, -0.25) is 14.2 Å². The highest BCUT2D eigenvalue weighted by Crippen LogP contribution is 2.40. The van der Waals surface area contributed by atoms with Crippen molar-refractivity contribution >= 4 is 34.4 Å². The zero-order valence-corrected chi connectivity index (χ0v) is 17.6. The molecule has 2 aromatic carbocycles. The molecule has 0 saturated carbocycles. The summed E-state index contributed by atoms with van der Waals surface area (Å²) in [5.74, 6) is -2.34. The lowest BCUT2D eigenvalue weighted by Crippen LogP contribution is -2.21. The molecule has 6 heteroatoms. The number of fused-ring (bicyclic) bond motifs is 1. The number of carboxylic acids is 1. The van der Waals surface area contributed by atoms with E-state index in [2.05, 4.69) is 0 Å². The first-order valence-electron chi connectivity index (χ1n) is 9.54. The maximum absolute atomic E-state index is 13.3. The van der Waals surface area contributed by atoms with Crippen molar-refractivity contribution < 1.29 is 19.8 Å². The van der Waals surface area contributed by atoms with Crippen LogP contribution >= 0.6 is 11.6 Å². The van der Waals surface area contributed by atoms with Crippen molar-refractivity contribution in [1.29, 1.82) is 0 Å². The Kier molecular flexibility index (Phi) is 5.71. The number of nitrogens with zero attached hydrogens (tertiary/aromatic N) is 1. The number of carboxylic acid groups (broad SMARTS) is 1. The van der Waals surface area contributed by atoms with Gasteiger partial charge in [0.25, 0.3) is 5.91 Å². The van der Waals surface area contributed by atoms with E-state index in [1.165, 1.54) is 16.7 Å². The Bertz CT molecular complexity index is 1100. The molecular weight excluding hydrogens is 390 g/mol. The first kappa shape index (κ1) is 20.9. The minimum absolute atomic E-state index is 0.106. The van der Waals surface area contributed by atoms with Gasteiger partial charge in [-0.1, -0.05) is 49.6 Å². The molecule has 1 heterocycles. The number of carbonyl (C=O) groups is 2. The number of rotatable bonds is 5. The van der Waals surface area contributed by atoms with Crippen LogP contribution in [0.5, 0.6) is 5.75 Å². The highest BCUT2D eigenvalue weighted by molar-refractivity contribution is 6.33. The molecule has 3 rings (SSSR count). The molecule has 3 aromatic rings. The molecule has 1 unspecified atom stereocenters. The molecule has 0 spiro atoms. The standard InChI is InChI=1S/C23H24ClNO4/c1-5-13(3)20(23(28)29)21-14(4)25(18-11-17(24)19(26)10-16(18)21)22(27)15-8-6-12(2)7-9-15/h6-11,13,20,26H,5H2,1-4H3,(H,28,29)/t13-,20?/m1/s1. The Morgan fingerprint density at radius 3 is 2.31 bits per heavy atom. The Morgan fingerprint density at radius 1 is 1.14 bits per heavy atom. The van der Waals surface area contributed by atoms with Crippen molar-refractivity contribution in [2.75, 3.05) is 0 Å². The lowest BCUT2D eigenvalue weighted by molar-refractivity contribution is -0.140. The summed E-state index contributed by atoms with van der Waals surface area (Å²) < 4.78 is 1.50. The number of hydrogen-bond donors (Lipinski definition) is 2. The number of aryl methyl sites for hydroxylation is 1. The largest absolute Gasteiger partial charge is 0.506 e. The van der Waals surface area contributed by atoms with Crippen molar-refractivity contribution in [3.8, 4) is 5.75 Å². The molecule has 29 heavy (non-hydrogen) atoms. The average molecular weight is 414 g/mol. The van der Waals surface area contributed by atoms with Gasteiger partial charge in [-0.2, -0.15) is 0 Å². The molecule has 5 nitrogen and oxygen atoms in total. The van der Waals surface area contributed by atoms with Crippen LogP contribution in [0.3, 0.4) is 0 Å². The summed E-state index contributed by atoms with van der Waals surface area (Å²) in [5, 5.41) is 20.8. The molecule has 0 aliphatic rings. The second-order valence-electron chi connectivity index (χ2n) is 7.53. The van der Waals surface area contributed by atoms with Crippen molar-refractivity contribution in [3.05, 3.63) is 63.8 Å². The van der Waals surface area contributed by atoms with E-state index in [1.54, 1.807) is 19.1 Å². The Balaban J connectivity index is 2.35. The van der Waals surface area contributed by atoms with Crippen LogP contribution in [-0.2, 0) is 4.79 Å². The normalized spacial score (nSPS) is 13.4. The summed E-state index contributed by atoms with van der Waals surface area (Å²) in [6, 6.07) is 10.2. The fraction of sp³-hybridized carbons (Fsp3) is 0.304. The van der Waals surface area contributed by atoms with E-state index in [4.69, 9.17) is 11.6 Å². The van der Waals surface area contributed by atoms with Crippen LogP contribution in [0.2, 0.25) is 5.02 Å². The molecule has 0 radical (unpaired) electrons. The third kappa shape index (κ3) is 3.62. The Hall–Kier alpha value is -2.79. The zero-order chi connectivity index (χ0) is 21.5. The molecule has 0 aliphatic carbocycles. The Morgan fingerprint density at radius 2 is 1.76 bits per heavy atom. The third-order valence-electron chi connectivity index (χ3n) is 5.61. The maximum atomic E-state index is 13.3. The third-order valence-corrected chi connectivity index (χ3v) is 5.92. The van der Waals surface area contributed by atoms with Gasteiger partial charge in [0, 0.05) is 16.6 Å².